The lowest BCUT2D eigenvalue weighted by Crippen LogP contribution is -2.60. The van der Waals surface area contributed by atoms with Crippen LogP contribution >= 0.6 is 0 Å². The summed E-state index contributed by atoms with van der Waals surface area (Å²) in [7, 11) is -3.42. The molecular formula is C16H22FNO3S. The zero-order valence-corrected chi connectivity index (χ0v) is 13.6. The van der Waals surface area contributed by atoms with E-state index in [4.69, 9.17) is 4.74 Å². The maximum absolute atomic E-state index is 14.9. The van der Waals surface area contributed by atoms with Crippen LogP contribution in [-0.4, -0.2) is 44.3 Å². The van der Waals surface area contributed by atoms with E-state index < -0.39 is 20.9 Å². The zero-order chi connectivity index (χ0) is 15.8. The molecule has 2 saturated heterocycles. The smallest absolute Gasteiger partial charge is 0.217 e. The molecule has 0 N–H and O–H groups in total. The van der Waals surface area contributed by atoms with Crippen LogP contribution in [0.1, 0.15) is 30.4 Å². The van der Waals surface area contributed by atoms with Crippen molar-refractivity contribution in [1.82, 2.24) is 4.31 Å². The highest BCUT2D eigenvalue weighted by Gasteiger charge is 2.51. The Kier molecular flexibility index (Phi) is 4.27. The van der Waals surface area contributed by atoms with Crippen molar-refractivity contribution < 1.29 is 17.5 Å². The van der Waals surface area contributed by atoms with Crippen molar-refractivity contribution in [1.29, 1.82) is 0 Å². The lowest BCUT2D eigenvalue weighted by atomic mass is 9.90. The molecular weight excluding hydrogens is 305 g/mol. The van der Waals surface area contributed by atoms with E-state index in [2.05, 4.69) is 0 Å². The molecule has 122 valence electrons. The molecule has 1 atom stereocenters. The van der Waals surface area contributed by atoms with Crippen LogP contribution in [-0.2, 0) is 20.4 Å². The number of ether oxygens (including phenoxy) is 1. The van der Waals surface area contributed by atoms with Crippen LogP contribution in [0.5, 0.6) is 0 Å². The summed E-state index contributed by atoms with van der Waals surface area (Å²) in [5.74, 6) is 0. The number of hydrogen-bond donors (Lipinski definition) is 0. The summed E-state index contributed by atoms with van der Waals surface area (Å²) in [6.45, 7) is 2.88. The van der Waals surface area contributed by atoms with Gasteiger partial charge in [0.2, 0.25) is 10.0 Å². The van der Waals surface area contributed by atoms with Crippen molar-refractivity contribution in [3.8, 4) is 0 Å². The van der Waals surface area contributed by atoms with Crippen molar-refractivity contribution in [2.45, 2.75) is 37.1 Å². The molecule has 0 bridgehead atoms. The van der Waals surface area contributed by atoms with Gasteiger partial charge < -0.3 is 4.74 Å². The summed E-state index contributed by atoms with van der Waals surface area (Å²) in [6.07, 6.45) is 1.85. The third-order valence-corrected chi connectivity index (χ3v) is 6.89. The van der Waals surface area contributed by atoms with Crippen LogP contribution in [0, 0.1) is 6.92 Å². The average molecular weight is 327 g/mol. The topological polar surface area (TPSA) is 46.6 Å². The largest absolute Gasteiger partial charge is 0.381 e. The van der Waals surface area contributed by atoms with E-state index >= 15 is 0 Å². The van der Waals surface area contributed by atoms with Gasteiger partial charge in [-0.3, -0.25) is 0 Å². The van der Waals surface area contributed by atoms with Crippen molar-refractivity contribution in [2.24, 2.45) is 0 Å². The van der Waals surface area contributed by atoms with Crippen molar-refractivity contribution >= 4 is 10.0 Å². The summed E-state index contributed by atoms with van der Waals surface area (Å²) >= 11 is 0. The highest BCUT2D eigenvalue weighted by molar-refractivity contribution is 7.89. The third-order valence-electron chi connectivity index (χ3n) is 4.60. The van der Waals surface area contributed by atoms with Gasteiger partial charge in [-0.2, -0.15) is 4.31 Å². The molecule has 22 heavy (non-hydrogen) atoms. The maximum atomic E-state index is 14.9. The Morgan fingerprint density at radius 3 is 2.55 bits per heavy atom. The van der Waals surface area contributed by atoms with E-state index in [9.17, 15) is 12.8 Å². The Balaban J connectivity index is 1.70. The number of hydrogen-bond acceptors (Lipinski definition) is 3. The highest BCUT2D eigenvalue weighted by Crippen LogP contribution is 2.39. The normalized spacial score (nSPS) is 26.2. The molecule has 1 unspecified atom stereocenters. The molecule has 1 aromatic carbocycles. The predicted molar refractivity (Wildman–Crippen MR) is 82.9 cm³/mol. The fourth-order valence-corrected chi connectivity index (χ4v) is 5.16. The van der Waals surface area contributed by atoms with Crippen LogP contribution in [0.3, 0.4) is 0 Å². The molecule has 2 aliphatic rings. The van der Waals surface area contributed by atoms with Crippen molar-refractivity contribution in [3.63, 3.8) is 0 Å². The Labute approximate surface area is 131 Å². The van der Waals surface area contributed by atoms with E-state index in [1.54, 1.807) is 12.1 Å². The lowest BCUT2D eigenvalue weighted by Gasteiger charge is -2.44. The van der Waals surface area contributed by atoms with Crippen LogP contribution < -0.4 is 0 Å². The van der Waals surface area contributed by atoms with Gasteiger partial charge in [0.15, 0.2) is 5.67 Å². The molecule has 0 amide bonds. The second-order valence-corrected chi connectivity index (χ2v) is 8.52. The van der Waals surface area contributed by atoms with Crippen LogP contribution in [0.15, 0.2) is 24.3 Å². The quantitative estimate of drug-likeness (QED) is 0.856. The number of nitrogens with zero attached hydrogens (tertiary/aromatic N) is 1. The molecule has 0 saturated carbocycles. The summed E-state index contributed by atoms with van der Waals surface area (Å²) in [5, 5.41) is -0.433. The first-order valence-corrected chi connectivity index (χ1v) is 9.25. The van der Waals surface area contributed by atoms with E-state index in [0.29, 0.717) is 31.6 Å². The van der Waals surface area contributed by atoms with Gasteiger partial charge in [0.05, 0.1) is 18.3 Å². The van der Waals surface area contributed by atoms with Gasteiger partial charge >= 0.3 is 0 Å². The summed E-state index contributed by atoms with van der Waals surface area (Å²) in [4.78, 5) is 0. The van der Waals surface area contributed by atoms with Gasteiger partial charge in [-0.25, -0.2) is 12.8 Å². The van der Waals surface area contributed by atoms with Gasteiger partial charge in [-0.15, -0.1) is 0 Å². The highest BCUT2D eigenvalue weighted by atomic mass is 32.2. The van der Waals surface area contributed by atoms with E-state index in [1.165, 1.54) is 4.31 Å². The number of benzene rings is 1. The predicted octanol–water partition coefficient (Wildman–Crippen LogP) is 2.37. The Bertz CT molecular complexity index is 615. The van der Waals surface area contributed by atoms with E-state index in [-0.39, 0.29) is 13.1 Å². The molecule has 1 aromatic rings. The number of halogens is 1. The van der Waals surface area contributed by atoms with Crippen molar-refractivity contribution in [3.05, 3.63) is 35.4 Å². The minimum Gasteiger partial charge on any atom is -0.381 e. The molecule has 0 radical (unpaired) electrons. The molecule has 2 heterocycles. The van der Waals surface area contributed by atoms with Gasteiger partial charge in [0.25, 0.3) is 0 Å². The van der Waals surface area contributed by atoms with E-state index in [0.717, 1.165) is 12.0 Å². The fraction of sp³-hybridized carbons (Fsp3) is 0.625. The zero-order valence-electron chi connectivity index (χ0n) is 12.8. The van der Waals surface area contributed by atoms with Gasteiger partial charge in [0, 0.05) is 13.2 Å². The Hall–Kier alpha value is -0.980. The molecule has 0 spiro atoms. The number of rotatable bonds is 3. The summed E-state index contributed by atoms with van der Waals surface area (Å²) in [6, 6.07) is 7.21. The standard InChI is InChI=1S/C16H22FNO3S/c1-13-4-6-14(7-5-13)16(17)11-18(12-16)22(19,20)15-3-2-9-21-10-8-15/h4-7,15H,2-3,8-12H2,1H3. The third kappa shape index (κ3) is 2.92. The minimum atomic E-state index is -3.42. The number of alkyl halides is 1. The molecule has 2 fully saturated rings. The lowest BCUT2D eigenvalue weighted by molar-refractivity contribution is 0.0171. The molecule has 2 aliphatic heterocycles. The molecule has 3 rings (SSSR count). The maximum Gasteiger partial charge on any atom is 0.217 e. The molecule has 4 nitrogen and oxygen atoms in total. The number of sulfonamides is 1. The molecule has 0 aliphatic carbocycles. The molecule has 0 aromatic heterocycles. The van der Waals surface area contributed by atoms with Gasteiger partial charge in [-0.1, -0.05) is 29.8 Å². The Morgan fingerprint density at radius 1 is 1.18 bits per heavy atom. The van der Waals surface area contributed by atoms with E-state index in [1.807, 2.05) is 19.1 Å². The average Bonchev–Trinajstić information content (AvgIpc) is 2.74. The second kappa shape index (κ2) is 5.91. The first-order valence-electron chi connectivity index (χ1n) is 7.75. The van der Waals surface area contributed by atoms with Gasteiger partial charge in [0.1, 0.15) is 0 Å². The molecule has 6 heteroatoms. The SMILES string of the molecule is Cc1ccc(C2(F)CN(S(=O)(=O)C3CCCOCC3)C2)cc1. The summed E-state index contributed by atoms with van der Waals surface area (Å²) in [5.41, 5.74) is 0.0745. The van der Waals surface area contributed by atoms with Gasteiger partial charge in [-0.05, 0) is 31.7 Å². The summed E-state index contributed by atoms with van der Waals surface area (Å²) < 4.78 is 46.7. The first-order chi connectivity index (χ1) is 10.4. The second-order valence-electron chi connectivity index (χ2n) is 6.31. The Morgan fingerprint density at radius 2 is 1.86 bits per heavy atom. The van der Waals surface area contributed by atoms with Crippen LogP contribution in [0.25, 0.3) is 0 Å². The monoisotopic (exact) mass is 327 g/mol. The number of aryl methyl sites for hydroxylation is 1. The van der Waals surface area contributed by atoms with Crippen LogP contribution in [0.2, 0.25) is 0 Å². The minimum absolute atomic E-state index is 0.0737. The fourth-order valence-electron chi connectivity index (χ4n) is 3.11. The van der Waals surface area contributed by atoms with Crippen LogP contribution in [0.4, 0.5) is 4.39 Å². The van der Waals surface area contributed by atoms with Crippen molar-refractivity contribution in [2.75, 3.05) is 26.3 Å². The first kappa shape index (κ1) is 15.9.